The van der Waals surface area contributed by atoms with Gasteiger partial charge in [-0.05, 0) is 55.7 Å². The summed E-state index contributed by atoms with van der Waals surface area (Å²) in [4.78, 5) is 38.2. The van der Waals surface area contributed by atoms with Gasteiger partial charge in [0.1, 0.15) is 22.4 Å². The summed E-state index contributed by atoms with van der Waals surface area (Å²) in [5.41, 5.74) is 2.57. The molecular formula is C26H26N2O6S. The third-order valence-corrected chi connectivity index (χ3v) is 6.41. The van der Waals surface area contributed by atoms with Gasteiger partial charge in [-0.3, -0.25) is 9.59 Å². The van der Waals surface area contributed by atoms with Gasteiger partial charge in [0.15, 0.2) is 0 Å². The van der Waals surface area contributed by atoms with E-state index in [1.807, 2.05) is 17.5 Å². The lowest BCUT2D eigenvalue weighted by Crippen LogP contribution is -2.27. The first-order chi connectivity index (χ1) is 17.0. The van der Waals surface area contributed by atoms with Crippen molar-refractivity contribution in [1.29, 1.82) is 0 Å². The van der Waals surface area contributed by atoms with Gasteiger partial charge in [0.2, 0.25) is 0 Å². The number of methoxy groups -OCH3 is 1. The second-order valence-corrected chi connectivity index (χ2v) is 8.71. The summed E-state index contributed by atoms with van der Waals surface area (Å²) in [7, 11) is 1.58. The lowest BCUT2D eigenvalue weighted by molar-refractivity contribution is -0.124. The van der Waals surface area contributed by atoms with Crippen molar-refractivity contribution >= 4 is 39.8 Å². The molecule has 4 rings (SSSR count). The second kappa shape index (κ2) is 11.2. The number of hydrogen-bond acceptors (Lipinski definition) is 7. The number of nitrogens with one attached hydrogen (secondary N) is 2. The lowest BCUT2D eigenvalue weighted by Gasteiger charge is -2.12. The average Bonchev–Trinajstić information content (AvgIpc) is 3.55. The molecule has 2 N–H and O–H groups in total. The highest BCUT2D eigenvalue weighted by molar-refractivity contribution is 7.15. The molecule has 1 aromatic heterocycles. The zero-order chi connectivity index (χ0) is 24.8. The summed E-state index contributed by atoms with van der Waals surface area (Å²) in [6, 6.07) is 13.9. The van der Waals surface area contributed by atoms with Crippen molar-refractivity contribution in [3.63, 3.8) is 0 Å². The molecule has 0 saturated carbocycles. The van der Waals surface area contributed by atoms with Crippen molar-refractivity contribution in [1.82, 2.24) is 0 Å². The SMILES string of the molecule is CCOC(=O)c1c(-c2ccc(OC)cc2)csc1NC(=O)c1cccc(NC(=O)C2CCCO2)c1. The normalized spacial score (nSPS) is 14.9. The molecule has 1 unspecified atom stereocenters. The van der Waals surface area contributed by atoms with E-state index in [4.69, 9.17) is 14.2 Å². The molecule has 2 aromatic carbocycles. The molecular weight excluding hydrogens is 468 g/mol. The van der Waals surface area contributed by atoms with E-state index in [2.05, 4.69) is 10.6 Å². The fraction of sp³-hybridized carbons (Fsp3) is 0.269. The average molecular weight is 495 g/mol. The third kappa shape index (κ3) is 5.70. The van der Waals surface area contributed by atoms with Crippen molar-refractivity contribution < 1.29 is 28.6 Å². The standard InChI is InChI=1S/C26H26N2O6S/c1-3-33-26(31)22-20(16-9-11-19(32-2)12-10-16)15-35-25(22)28-23(29)17-6-4-7-18(14-17)27-24(30)21-8-5-13-34-21/h4,6-7,9-12,14-15,21H,3,5,8,13H2,1-2H3,(H,27,30)(H,28,29). The first-order valence-corrected chi connectivity index (χ1v) is 12.1. The van der Waals surface area contributed by atoms with Gasteiger partial charge >= 0.3 is 5.97 Å². The Bertz CT molecular complexity index is 1210. The third-order valence-electron chi connectivity index (χ3n) is 5.51. The number of carbonyl (C=O) groups is 3. The van der Waals surface area contributed by atoms with Crippen LogP contribution in [0.3, 0.4) is 0 Å². The Labute approximate surface area is 207 Å². The quantitative estimate of drug-likeness (QED) is 0.429. The predicted molar refractivity (Wildman–Crippen MR) is 134 cm³/mol. The highest BCUT2D eigenvalue weighted by Gasteiger charge is 2.25. The number of thiophene rings is 1. The first kappa shape index (κ1) is 24.4. The van der Waals surface area contributed by atoms with Gasteiger partial charge in [0.25, 0.3) is 11.8 Å². The van der Waals surface area contributed by atoms with Gasteiger partial charge in [-0.1, -0.05) is 18.2 Å². The van der Waals surface area contributed by atoms with E-state index in [0.717, 1.165) is 12.0 Å². The molecule has 182 valence electrons. The van der Waals surface area contributed by atoms with Gasteiger partial charge in [0.05, 0.1) is 13.7 Å². The van der Waals surface area contributed by atoms with Crippen LogP contribution < -0.4 is 15.4 Å². The van der Waals surface area contributed by atoms with Crippen LogP contribution in [0.4, 0.5) is 10.7 Å². The molecule has 9 heteroatoms. The van der Waals surface area contributed by atoms with Crippen LogP contribution in [0.5, 0.6) is 5.75 Å². The number of hydrogen-bond donors (Lipinski definition) is 2. The molecule has 3 aromatic rings. The highest BCUT2D eigenvalue weighted by Crippen LogP contribution is 2.37. The summed E-state index contributed by atoms with van der Waals surface area (Å²) < 4.78 is 15.9. The fourth-order valence-corrected chi connectivity index (χ4v) is 4.71. The van der Waals surface area contributed by atoms with Crippen molar-refractivity contribution in [3.8, 4) is 16.9 Å². The fourth-order valence-electron chi connectivity index (χ4n) is 3.76. The zero-order valence-corrected chi connectivity index (χ0v) is 20.3. The van der Waals surface area contributed by atoms with Crippen LogP contribution in [0.1, 0.15) is 40.5 Å². The Morgan fingerprint density at radius 3 is 2.60 bits per heavy atom. The maximum absolute atomic E-state index is 13.1. The Balaban J connectivity index is 1.56. The van der Waals surface area contributed by atoms with Crippen LogP contribution in [0, 0.1) is 0 Å². The topological polar surface area (TPSA) is 103 Å². The number of rotatable bonds is 8. The number of anilines is 2. The van der Waals surface area contributed by atoms with Crippen LogP contribution in [0.15, 0.2) is 53.9 Å². The maximum Gasteiger partial charge on any atom is 0.341 e. The van der Waals surface area contributed by atoms with E-state index in [9.17, 15) is 14.4 Å². The summed E-state index contributed by atoms with van der Waals surface area (Å²) >= 11 is 1.24. The first-order valence-electron chi connectivity index (χ1n) is 11.3. The van der Waals surface area contributed by atoms with Gasteiger partial charge in [0, 0.05) is 28.8 Å². The van der Waals surface area contributed by atoms with E-state index >= 15 is 0 Å². The molecule has 1 atom stereocenters. The Morgan fingerprint density at radius 1 is 1.11 bits per heavy atom. The molecule has 0 spiro atoms. The molecule has 0 bridgehead atoms. The summed E-state index contributed by atoms with van der Waals surface area (Å²) in [6.07, 6.45) is 1.06. The van der Waals surface area contributed by atoms with E-state index < -0.39 is 18.0 Å². The lowest BCUT2D eigenvalue weighted by atomic mass is 10.0. The van der Waals surface area contributed by atoms with E-state index in [1.54, 1.807) is 50.4 Å². The van der Waals surface area contributed by atoms with E-state index in [0.29, 0.717) is 46.2 Å². The smallest absolute Gasteiger partial charge is 0.341 e. The zero-order valence-electron chi connectivity index (χ0n) is 19.5. The molecule has 1 aliphatic heterocycles. The molecule has 0 radical (unpaired) electrons. The van der Waals surface area contributed by atoms with Crippen LogP contribution in [-0.4, -0.2) is 44.2 Å². The predicted octanol–water partition coefficient (Wildman–Crippen LogP) is 4.97. The van der Waals surface area contributed by atoms with Crippen LogP contribution in [-0.2, 0) is 14.3 Å². The van der Waals surface area contributed by atoms with Crippen molar-refractivity contribution in [2.24, 2.45) is 0 Å². The molecule has 2 heterocycles. The Hall–Kier alpha value is -3.69. The van der Waals surface area contributed by atoms with Gasteiger partial charge in [-0.2, -0.15) is 0 Å². The second-order valence-electron chi connectivity index (χ2n) is 7.83. The number of ether oxygens (including phenoxy) is 3. The molecule has 35 heavy (non-hydrogen) atoms. The molecule has 1 aliphatic rings. The summed E-state index contributed by atoms with van der Waals surface area (Å²) in [6.45, 7) is 2.51. The summed E-state index contributed by atoms with van der Waals surface area (Å²) in [5, 5.41) is 7.82. The Kier molecular flexibility index (Phi) is 7.79. The monoisotopic (exact) mass is 494 g/mol. The van der Waals surface area contributed by atoms with Crippen molar-refractivity contribution in [2.45, 2.75) is 25.9 Å². The minimum Gasteiger partial charge on any atom is -0.497 e. The molecule has 1 saturated heterocycles. The number of esters is 1. The van der Waals surface area contributed by atoms with Gasteiger partial charge in [-0.15, -0.1) is 11.3 Å². The van der Waals surface area contributed by atoms with Crippen LogP contribution >= 0.6 is 11.3 Å². The van der Waals surface area contributed by atoms with Crippen LogP contribution in [0.2, 0.25) is 0 Å². The molecule has 1 fully saturated rings. The minimum atomic E-state index is -0.521. The number of amides is 2. The number of carbonyl (C=O) groups excluding carboxylic acids is 3. The van der Waals surface area contributed by atoms with Crippen molar-refractivity contribution in [3.05, 3.63) is 65.0 Å². The van der Waals surface area contributed by atoms with Gasteiger partial charge in [-0.25, -0.2) is 4.79 Å². The highest BCUT2D eigenvalue weighted by atomic mass is 32.1. The van der Waals surface area contributed by atoms with E-state index in [1.165, 1.54) is 11.3 Å². The molecule has 8 nitrogen and oxygen atoms in total. The minimum absolute atomic E-state index is 0.205. The van der Waals surface area contributed by atoms with Gasteiger partial charge < -0.3 is 24.8 Å². The number of benzene rings is 2. The summed E-state index contributed by atoms with van der Waals surface area (Å²) in [5.74, 6) is -0.465. The van der Waals surface area contributed by atoms with E-state index in [-0.39, 0.29) is 12.5 Å². The Morgan fingerprint density at radius 2 is 1.91 bits per heavy atom. The maximum atomic E-state index is 13.1. The largest absolute Gasteiger partial charge is 0.497 e. The molecule has 0 aliphatic carbocycles. The molecule has 2 amide bonds. The van der Waals surface area contributed by atoms with Crippen molar-refractivity contribution in [2.75, 3.05) is 31.0 Å². The van der Waals surface area contributed by atoms with Crippen LogP contribution in [0.25, 0.3) is 11.1 Å².